The van der Waals surface area contributed by atoms with Crippen LogP contribution in [0.25, 0.3) is 0 Å². The van der Waals surface area contributed by atoms with Gasteiger partial charge in [0.25, 0.3) is 0 Å². The molecule has 1 rings (SSSR count). The first-order chi connectivity index (χ1) is 9.15. The van der Waals surface area contributed by atoms with Gasteiger partial charge in [-0.25, -0.2) is 0 Å². The van der Waals surface area contributed by atoms with Crippen LogP contribution in [0.1, 0.15) is 60.5 Å². The average Bonchev–Trinajstić information content (AvgIpc) is 2.26. The van der Waals surface area contributed by atoms with Crippen LogP contribution in [0.2, 0.25) is 0 Å². The molecule has 2 nitrogen and oxygen atoms in total. The Morgan fingerprint density at radius 2 is 1.62 bits per heavy atom. The Labute approximate surface area is 152 Å². The first kappa shape index (κ1) is 21.0. The number of para-hydroxylation sites is 1. The Morgan fingerprint density at radius 1 is 1.05 bits per heavy atom. The molecule has 0 spiro atoms. The summed E-state index contributed by atoms with van der Waals surface area (Å²) in [6.07, 6.45) is 0.884. The van der Waals surface area contributed by atoms with Crippen LogP contribution in [0.4, 0.5) is 0 Å². The van der Waals surface area contributed by atoms with Gasteiger partial charge in [0.15, 0.2) is 6.29 Å². The molecule has 1 atom stereocenters. The molecule has 0 aromatic heterocycles. The van der Waals surface area contributed by atoms with Gasteiger partial charge < -0.3 is 9.47 Å². The summed E-state index contributed by atoms with van der Waals surface area (Å²) in [7, 11) is 0. The molecule has 1 unspecified atom stereocenters. The molecule has 0 aliphatic heterocycles. The van der Waals surface area contributed by atoms with Gasteiger partial charge in [-0.3, -0.25) is 0 Å². The molecular formula is C18H30NaO2+. The van der Waals surface area contributed by atoms with Gasteiger partial charge in [-0.1, -0.05) is 52.8 Å². The summed E-state index contributed by atoms with van der Waals surface area (Å²) in [5.74, 6) is 0.933. The normalized spacial score (nSPS) is 13.5. The van der Waals surface area contributed by atoms with Gasteiger partial charge >= 0.3 is 29.6 Å². The van der Waals surface area contributed by atoms with Crippen molar-refractivity contribution in [2.24, 2.45) is 5.41 Å². The van der Waals surface area contributed by atoms with Crippen molar-refractivity contribution in [2.45, 2.75) is 66.6 Å². The molecule has 114 valence electrons. The molecule has 0 radical (unpaired) electrons. The van der Waals surface area contributed by atoms with E-state index in [4.69, 9.17) is 9.47 Å². The SMILES string of the molecule is CCOC(C)Oc1ccccc1C(C)(C)CC(C)(C)C.[Na+]. The predicted octanol–water partition coefficient (Wildman–Crippen LogP) is 2.17. The van der Waals surface area contributed by atoms with E-state index in [0.717, 1.165) is 12.2 Å². The summed E-state index contributed by atoms with van der Waals surface area (Å²) in [6, 6.07) is 8.30. The third kappa shape index (κ3) is 7.19. The van der Waals surface area contributed by atoms with E-state index in [0.29, 0.717) is 6.61 Å². The first-order valence-electron chi connectivity index (χ1n) is 7.53. The smallest absolute Gasteiger partial charge is 0.465 e. The Kier molecular flexibility index (Phi) is 8.56. The van der Waals surface area contributed by atoms with Crippen molar-refractivity contribution in [1.82, 2.24) is 0 Å². The number of ether oxygens (including phenoxy) is 2. The third-order valence-corrected chi connectivity index (χ3v) is 3.28. The fourth-order valence-electron chi connectivity index (χ4n) is 3.00. The van der Waals surface area contributed by atoms with Gasteiger partial charge in [-0.15, -0.1) is 0 Å². The van der Waals surface area contributed by atoms with Crippen molar-refractivity contribution in [3.8, 4) is 5.75 Å². The van der Waals surface area contributed by atoms with E-state index in [-0.39, 0.29) is 46.7 Å². The van der Waals surface area contributed by atoms with Crippen LogP contribution >= 0.6 is 0 Å². The maximum atomic E-state index is 5.96. The van der Waals surface area contributed by atoms with E-state index in [1.165, 1.54) is 5.56 Å². The topological polar surface area (TPSA) is 18.5 Å². The molecule has 21 heavy (non-hydrogen) atoms. The zero-order valence-electron chi connectivity index (χ0n) is 15.1. The molecule has 0 amide bonds. The number of hydrogen-bond acceptors (Lipinski definition) is 2. The van der Waals surface area contributed by atoms with Crippen molar-refractivity contribution >= 4 is 0 Å². The van der Waals surface area contributed by atoms with Crippen molar-refractivity contribution in [3.63, 3.8) is 0 Å². The standard InChI is InChI=1S/C18H30O2.Na/c1-8-19-14(2)20-16-12-10-9-11-15(16)18(6,7)13-17(3,4)5;/h9-12,14H,8,13H2,1-7H3;/q;+1. The molecule has 3 heteroatoms. The minimum atomic E-state index is -0.216. The van der Waals surface area contributed by atoms with Gasteiger partial charge in [0, 0.05) is 6.61 Å². The summed E-state index contributed by atoms with van der Waals surface area (Å²) in [5, 5.41) is 0. The van der Waals surface area contributed by atoms with Crippen LogP contribution in [0.15, 0.2) is 24.3 Å². The van der Waals surface area contributed by atoms with Crippen molar-refractivity contribution in [3.05, 3.63) is 29.8 Å². The monoisotopic (exact) mass is 301 g/mol. The quantitative estimate of drug-likeness (QED) is 0.592. The molecule has 0 fully saturated rings. The predicted molar refractivity (Wildman–Crippen MR) is 85.3 cm³/mol. The molecule has 0 N–H and O–H groups in total. The Hall–Kier alpha value is -0.0200. The summed E-state index contributed by atoms with van der Waals surface area (Å²) >= 11 is 0. The molecule has 0 bridgehead atoms. The van der Waals surface area contributed by atoms with Crippen LogP contribution < -0.4 is 34.3 Å². The minimum Gasteiger partial charge on any atom is -0.465 e. The van der Waals surface area contributed by atoms with Gasteiger partial charge in [-0.2, -0.15) is 0 Å². The van der Waals surface area contributed by atoms with Crippen LogP contribution in [-0.4, -0.2) is 12.9 Å². The summed E-state index contributed by atoms with van der Waals surface area (Å²) < 4.78 is 11.5. The minimum absolute atomic E-state index is 0. The molecule has 0 aliphatic rings. The fraction of sp³-hybridized carbons (Fsp3) is 0.667. The van der Waals surface area contributed by atoms with Gasteiger partial charge in [0.2, 0.25) is 0 Å². The summed E-state index contributed by atoms with van der Waals surface area (Å²) in [6.45, 7) is 16.0. The van der Waals surface area contributed by atoms with Crippen LogP contribution in [-0.2, 0) is 10.2 Å². The Morgan fingerprint density at radius 3 is 2.14 bits per heavy atom. The summed E-state index contributed by atoms with van der Waals surface area (Å²) in [4.78, 5) is 0. The molecule has 0 saturated heterocycles. The van der Waals surface area contributed by atoms with E-state index in [1.54, 1.807) is 0 Å². The average molecular weight is 301 g/mol. The molecule has 0 saturated carbocycles. The molecule has 1 aromatic carbocycles. The van der Waals surface area contributed by atoms with Crippen molar-refractivity contribution in [2.75, 3.05) is 6.61 Å². The molecular weight excluding hydrogens is 271 g/mol. The fourth-order valence-corrected chi connectivity index (χ4v) is 3.00. The van der Waals surface area contributed by atoms with Crippen LogP contribution in [0.5, 0.6) is 5.75 Å². The zero-order chi connectivity index (χ0) is 15.4. The van der Waals surface area contributed by atoms with Crippen LogP contribution in [0, 0.1) is 5.41 Å². The second-order valence-corrected chi connectivity index (χ2v) is 7.26. The van der Waals surface area contributed by atoms with E-state index >= 15 is 0 Å². The molecule has 1 aromatic rings. The zero-order valence-corrected chi connectivity index (χ0v) is 17.1. The number of benzene rings is 1. The van der Waals surface area contributed by atoms with Crippen LogP contribution in [0.3, 0.4) is 0 Å². The van der Waals surface area contributed by atoms with E-state index in [2.05, 4.69) is 46.8 Å². The summed E-state index contributed by atoms with van der Waals surface area (Å²) in [5.41, 5.74) is 1.60. The third-order valence-electron chi connectivity index (χ3n) is 3.28. The second kappa shape index (κ2) is 8.57. The first-order valence-corrected chi connectivity index (χ1v) is 7.53. The van der Waals surface area contributed by atoms with E-state index in [9.17, 15) is 0 Å². The number of hydrogen-bond donors (Lipinski definition) is 0. The van der Waals surface area contributed by atoms with Gasteiger partial charge in [0.1, 0.15) is 5.75 Å². The second-order valence-electron chi connectivity index (χ2n) is 7.26. The molecule has 0 aliphatic carbocycles. The Bertz CT molecular complexity index is 421. The van der Waals surface area contributed by atoms with Crippen molar-refractivity contribution < 1.29 is 39.0 Å². The Balaban J connectivity index is 0.00000400. The molecule has 0 heterocycles. The number of rotatable bonds is 6. The maximum absolute atomic E-state index is 5.96. The largest absolute Gasteiger partial charge is 1.00 e. The van der Waals surface area contributed by atoms with E-state index < -0.39 is 0 Å². The van der Waals surface area contributed by atoms with Gasteiger partial charge in [0.05, 0.1) is 0 Å². The maximum Gasteiger partial charge on any atom is 1.00 e. The van der Waals surface area contributed by atoms with Crippen molar-refractivity contribution in [1.29, 1.82) is 0 Å². The van der Waals surface area contributed by atoms with E-state index in [1.807, 2.05) is 26.0 Å². The van der Waals surface area contributed by atoms with Gasteiger partial charge in [-0.05, 0) is 42.7 Å².